The monoisotopic (exact) mass is 340 g/mol. The van der Waals surface area contributed by atoms with Crippen molar-refractivity contribution < 1.29 is 14.7 Å². The Labute approximate surface area is 134 Å². The highest BCUT2D eigenvalue weighted by Gasteiger charge is 2.12. The molecule has 6 nitrogen and oxygen atoms in total. The SMILES string of the molecule is O=C(Cn1cccc(C(=O)O)c1=O)Nc1cc(Cl)cc(Cl)c1. The second kappa shape index (κ2) is 6.64. The molecular weight excluding hydrogens is 331 g/mol. The zero-order chi connectivity index (χ0) is 16.3. The Morgan fingerprint density at radius 3 is 2.41 bits per heavy atom. The van der Waals surface area contributed by atoms with Crippen LogP contribution in [0.25, 0.3) is 0 Å². The van der Waals surface area contributed by atoms with E-state index in [1.54, 1.807) is 0 Å². The summed E-state index contributed by atoms with van der Waals surface area (Å²) < 4.78 is 1.00. The van der Waals surface area contributed by atoms with Gasteiger partial charge in [0, 0.05) is 21.9 Å². The average Bonchev–Trinajstić information content (AvgIpc) is 2.39. The summed E-state index contributed by atoms with van der Waals surface area (Å²) in [5.74, 6) is -1.86. The van der Waals surface area contributed by atoms with Gasteiger partial charge in [-0.3, -0.25) is 9.59 Å². The third kappa shape index (κ3) is 3.87. The summed E-state index contributed by atoms with van der Waals surface area (Å²) in [5, 5.41) is 12.1. The van der Waals surface area contributed by atoms with Crippen LogP contribution in [0.4, 0.5) is 5.69 Å². The second-order valence-corrected chi connectivity index (χ2v) is 5.24. The second-order valence-electron chi connectivity index (χ2n) is 4.37. The van der Waals surface area contributed by atoms with E-state index in [0.717, 1.165) is 4.57 Å². The lowest BCUT2D eigenvalue weighted by Crippen LogP contribution is -2.30. The Morgan fingerprint density at radius 1 is 1.18 bits per heavy atom. The van der Waals surface area contributed by atoms with Crippen molar-refractivity contribution in [1.82, 2.24) is 4.57 Å². The minimum atomic E-state index is -1.35. The molecule has 0 aliphatic heterocycles. The van der Waals surface area contributed by atoms with Crippen LogP contribution in [0.3, 0.4) is 0 Å². The molecule has 1 aromatic carbocycles. The van der Waals surface area contributed by atoms with Gasteiger partial charge in [-0.25, -0.2) is 4.79 Å². The van der Waals surface area contributed by atoms with Gasteiger partial charge in [0.25, 0.3) is 5.56 Å². The summed E-state index contributed by atoms with van der Waals surface area (Å²) in [6.45, 7) is -0.329. The molecule has 0 aliphatic rings. The topological polar surface area (TPSA) is 88.4 Å². The van der Waals surface area contributed by atoms with Gasteiger partial charge in [-0.05, 0) is 30.3 Å². The number of anilines is 1. The van der Waals surface area contributed by atoms with E-state index in [1.165, 1.54) is 36.5 Å². The molecular formula is C14H10Cl2N2O4. The molecule has 8 heteroatoms. The highest BCUT2D eigenvalue weighted by molar-refractivity contribution is 6.35. The average molecular weight is 341 g/mol. The molecule has 1 heterocycles. The first-order valence-corrected chi connectivity index (χ1v) is 6.81. The van der Waals surface area contributed by atoms with E-state index in [9.17, 15) is 14.4 Å². The zero-order valence-corrected chi connectivity index (χ0v) is 12.6. The van der Waals surface area contributed by atoms with Gasteiger partial charge in [-0.2, -0.15) is 0 Å². The molecule has 0 aliphatic carbocycles. The quantitative estimate of drug-likeness (QED) is 0.894. The van der Waals surface area contributed by atoms with Crippen molar-refractivity contribution in [3.8, 4) is 0 Å². The first-order valence-electron chi connectivity index (χ1n) is 6.05. The summed E-state index contributed by atoms with van der Waals surface area (Å²) in [6, 6.07) is 7.08. The maximum absolute atomic E-state index is 11.9. The summed E-state index contributed by atoms with van der Waals surface area (Å²) in [7, 11) is 0. The molecule has 2 rings (SSSR count). The number of carbonyl (C=O) groups excluding carboxylic acids is 1. The van der Waals surface area contributed by atoms with Gasteiger partial charge in [0.15, 0.2) is 0 Å². The Kier molecular flexibility index (Phi) is 4.85. The van der Waals surface area contributed by atoms with E-state index < -0.39 is 23.0 Å². The molecule has 114 valence electrons. The lowest BCUT2D eigenvalue weighted by Gasteiger charge is -2.08. The zero-order valence-electron chi connectivity index (χ0n) is 11.0. The molecule has 1 aromatic heterocycles. The van der Waals surface area contributed by atoms with E-state index in [0.29, 0.717) is 15.7 Å². The first-order chi connectivity index (χ1) is 10.4. The number of nitrogens with zero attached hydrogens (tertiary/aromatic N) is 1. The van der Waals surface area contributed by atoms with Crippen molar-refractivity contribution in [2.45, 2.75) is 6.54 Å². The molecule has 0 saturated carbocycles. The molecule has 22 heavy (non-hydrogen) atoms. The van der Waals surface area contributed by atoms with Gasteiger partial charge in [0.1, 0.15) is 12.1 Å². The molecule has 0 atom stereocenters. The van der Waals surface area contributed by atoms with Crippen LogP contribution in [-0.4, -0.2) is 21.6 Å². The highest BCUT2D eigenvalue weighted by atomic mass is 35.5. The standard InChI is InChI=1S/C14H10Cl2N2O4/c15-8-4-9(16)6-10(5-8)17-12(19)7-18-3-1-2-11(13(18)20)14(21)22/h1-6H,7H2,(H,17,19)(H,21,22). The fourth-order valence-corrected chi connectivity index (χ4v) is 2.33. The van der Waals surface area contributed by atoms with Crippen molar-refractivity contribution in [2.24, 2.45) is 0 Å². The Bertz CT molecular complexity index is 781. The molecule has 0 unspecified atom stereocenters. The minimum absolute atomic E-state index is 0.329. The van der Waals surface area contributed by atoms with Gasteiger partial charge in [-0.1, -0.05) is 23.2 Å². The van der Waals surface area contributed by atoms with Gasteiger partial charge in [0.2, 0.25) is 5.91 Å². The minimum Gasteiger partial charge on any atom is -0.477 e. The maximum atomic E-state index is 11.9. The maximum Gasteiger partial charge on any atom is 0.341 e. The highest BCUT2D eigenvalue weighted by Crippen LogP contribution is 2.22. The summed E-state index contributed by atoms with van der Waals surface area (Å²) in [6.07, 6.45) is 1.33. The van der Waals surface area contributed by atoms with Crippen LogP contribution in [0.5, 0.6) is 0 Å². The molecule has 0 bridgehead atoms. The Hall–Kier alpha value is -2.31. The number of rotatable bonds is 4. The van der Waals surface area contributed by atoms with Crippen molar-refractivity contribution in [3.63, 3.8) is 0 Å². The number of nitrogens with one attached hydrogen (secondary N) is 1. The predicted octanol–water partition coefficient (Wildman–Crippen LogP) is 2.49. The van der Waals surface area contributed by atoms with Crippen molar-refractivity contribution in [3.05, 3.63) is 62.5 Å². The van der Waals surface area contributed by atoms with Gasteiger partial charge < -0.3 is 15.0 Å². The van der Waals surface area contributed by atoms with Crippen LogP contribution >= 0.6 is 23.2 Å². The number of carboxylic acids is 1. The molecule has 0 spiro atoms. The normalized spacial score (nSPS) is 10.3. The molecule has 1 amide bonds. The third-order valence-electron chi connectivity index (χ3n) is 2.71. The van der Waals surface area contributed by atoms with Crippen LogP contribution in [0.2, 0.25) is 10.0 Å². The van der Waals surface area contributed by atoms with Crippen LogP contribution in [0, 0.1) is 0 Å². The van der Waals surface area contributed by atoms with Crippen LogP contribution < -0.4 is 10.9 Å². The number of benzene rings is 1. The number of aromatic nitrogens is 1. The van der Waals surface area contributed by atoms with Gasteiger partial charge in [0.05, 0.1) is 0 Å². The van der Waals surface area contributed by atoms with E-state index >= 15 is 0 Å². The fourth-order valence-electron chi connectivity index (χ4n) is 1.81. The van der Waals surface area contributed by atoms with Crippen LogP contribution in [0.1, 0.15) is 10.4 Å². The van der Waals surface area contributed by atoms with Crippen molar-refractivity contribution in [2.75, 3.05) is 5.32 Å². The van der Waals surface area contributed by atoms with Crippen LogP contribution in [0.15, 0.2) is 41.3 Å². The van der Waals surface area contributed by atoms with Gasteiger partial charge >= 0.3 is 5.97 Å². The lowest BCUT2D eigenvalue weighted by atomic mass is 10.3. The Balaban J connectivity index is 2.17. The number of hydrogen-bond acceptors (Lipinski definition) is 3. The number of pyridine rings is 1. The summed E-state index contributed by atoms with van der Waals surface area (Å²) in [4.78, 5) is 34.7. The largest absolute Gasteiger partial charge is 0.477 e. The number of hydrogen-bond donors (Lipinski definition) is 2. The molecule has 2 N–H and O–H groups in total. The molecule has 0 radical (unpaired) electrons. The predicted molar refractivity (Wildman–Crippen MR) is 82.8 cm³/mol. The molecule has 0 saturated heterocycles. The lowest BCUT2D eigenvalue weighted by molar-refractivity contribution is -0.116. The molecule has 2 aromatic rings. The third-order valence-corrected chi connectivity index (χ3v) is 3.15. The Morgan fingerprint density at radius 2 is 1.82 bits per heavy atom. The smallest absolute Gasteiger partial charge is 0.341 e. The van der Waals surface area contributed by atoms with Gasteiger partial charge in [-0.15, -0.1) is 0 Å². The first kappa shape index (κ1) is 16.1. The summed E-state index contributed by atoms with van der Waals surface area (Å²) in [5.41, 5.74) is -0.777. The van der Waals surface area contributed by atoms with Crippen molar-refractivity contribution >= 4 is 40.8 Å². The van der Waals surface area contributed by atoms with Crippen molar-refractivity contribution in [1.29, 1.82) is 0 Å². The van der Waals surface area contributed by atoms with E-state index in [2.05, 4.69) is 5.32 Å². The number of carbonyl (C=O) groups is 2. The molecule has 0 fully saturated rings. The van der Waals surface area contributed by atoms with E-state index in [-0.39, 0.29) is 6.54 Å². The van der Waals surface area contributed by atoms with E-state index in [4.69, 9.17) is 28.3 Å². The number of carboxylic acid groups (broad SMARTS) is 1. The van der Waals surface area contributed by atoms with Crippen LogP contribution in [-0.2, 0) is 11.3 Å². The number of aromatic carboxylic acids is 1. The fraction of sp³-hybridized carbons (Fsp3) is 0.0714. The summed E-state index contributed by atoms with van der Waals surface area (Å²) >= 11 is 11.6. The van der Waals surface area contributed by atoms with E-state index in [1.807, 2.05) is 0 Å². The number of halogens is 2. The number of amides is 1.